The SMILES string of the molecule is O=C(CN1CCN(C(=O)Cn2cnnn2)CC1)Nc1ccc(F)cc1. The zero-order chi connectivity index (χ0) is 17.6. The number of tetrazole rings is 1. The van der Waals surface area contributed by atoms with Gasteiger partial charge in [0, 0.05) is 31.9 Å². The molecule has 0 saturated carbocycles. The summed E-state index contributed by atoms with van der Waals surface area (Å²) in [5, 5.41) is 13.4. The predicted molar refractivity (Wildman–Crippen MR) is 85.9 cm³/mol. The molecule has 0 aliphatic carbocycles. The average Bonchev–Trinajstić information content (AvgIpc) is 3.10. The van der Waals surface area contributed by atoms with Crippen LogP contribution >= 0.6 is 0 Å². The monoisotopic (exact) mass is 347 g/mol. The molecule has 9 nitrogen and oxygen atoms in total. The first-order valence-corrected chi connectivity index (χ1v) is 7.86. The van der Waals surface area contributed by atoms with Crippen molar-refractivity contribution < 1.29 is 14.0 Å². The molecule has 0 radical (unpaired) electrons. The summed E-state index contributed by atoms with van der Waals surface area (Å²) in [6.07, 6.45) is 1.40. The normalized spacial score (nSPS) is 15.2. The maximum Gasteiger partial charge on any atom is 0.244 e. The van der Waals surface area contributed by atoms with Crippen molar-refractivity contribution in [3.05, 3.63) is 36.4 Å². The number of anilines is 1. The highest BCUT2D eigenvalue weighted by Crippen LogP contribution is 2.09. The number of nitrogens with zero attached hydrogens (tertiary/aromatic N) is 6. The number of carbonyl (C=O) groups is 2. The van der Waals surface area contributed by atoms with E-state index in [1.165, 1.54) is 35.3 Å². The van der Waals surface area contributed by atoms with E-state index in [1.54, 1.807) is 4.90 Å². The number of aromatic nitrogens is 4. The molecule has 25 heavy (non-hydrogen) atoms. The van der Waals surface area contributed by atoms with Gasteiger partial charge >= 0.3 is 0 Å². The molecule has 1 aliphatic rings. The Hall–Kier alpha value is -2.88. The molecule has 3 rings (SSSR count). The zero-order valence-electron chi connectivity index (χ0n) is 13.5. The molecule has 1 N–H and O–H groups in total. The van der Waals surface area contributed by atoms with E-state index in [2.05, 4.69) is 20.8 Å². The second kappa shape index (κ2) is 7.79. The Morgan fingerprint density at radius 2 is 1.80 bits per heavy atom. The smallest absolute Gasteiger partial charge is 0.244 e. The topological polar surface area (TPSA) is 96.3 Å². The van der Waals surface area contributed by atoms with Gasteiger partial charge < -0.3 is 10.2 Å². The second-order valence-electron chi connectivity index (χ2n) is 5.72. The van der Waals surface area contributed by atoms with E-state index in [-0.39, 0.29) is 30.7 Å². The molecule has 10 heteroatoms. The molecule has 0 unspecified atom stereocenters. The van der Waals surface area contributed by atoms with Crippen molar-refractivity contribution in [1.29, 1.82) is 0 Å². The van der Waals surface area contributed by atoms with Crippen molar-refractivity contribution in [2.24, 2.45) is 0 Å². The Morgan fingerprint density at radius 3 is 2.44 bits per heavy atom. The van der Waals surface area contributed by atoms with Gasteiger partial charge in [0.2, 0.25) is 11.8 Å². The van der Waals surface area contributed by atoms with E-state index < -0.39 is 0 Å². The van der Waals surface area contributed by atoms with Gasteiger partial charge in [-0.05, 0) is 34.7 Å². The van der Waals surface area contributed by atoms with Crippen molar-refractivity contribution in [1.82, 2.24) is 30.0 Å². The van der Waals surface area contributed by atoms with Crippen LogP contribution in [0.25, 0.3) is 0 Å². The summed E-state index contributed by atoms with van der Waals surface area (Å²) in [5.41, 5.74) is 0.557. The Bertz CT molecular complexity index is 712. The minimum absolute atomic E-state index is 0.0530. The van der Waals surface area contributed by atoms with Crippen LogP contribution in [-0.2, 0) is 16.1 Å². The molecule has 1 aliphatic heterocycles. The van der Waals surface area contributed by atoms with Crippen LogP contribution in [0.5, 0.6) is 0 Å². The van der Waals surface area contributed by atoms with Crippen LogP contribution in [0.3, 0.4) is 0 Å². The summed E-state index contributed by atoms with van der Waals surface area (Å²) in [6, 6.07) is 5.63. The summed E-state index contributed by atoms with van der Waals surface area (Å²) in [5.74, 6) is -0.566. The van der Waals surface area contributed by atoms with Gasteiger partial charge in [-0.1, -0.05) is 0 Å². The summed E-state index contributed by atoms with van der Waals surface area (Å²) >= 11 is 0. The van der Waals surface area contributed by atoms with Crippen LogP contribution in [0.4, 0.5) is 10.1 Å². The Balaban J connectivity index is 1.42. The lowest BCUT2D eigenvalue weighted by Crippen LogP contribution is -2.51. The third-order valence-corrected chi connectivity index (χ3v) is 3.91. The number of piperazine rings is 1. The number of hydrogen-bond acceptors (Lipinski definition) is 6. The first-order valence-electron chi connectivity index (χ1n) is 7.86. The predicted octanol–water partition coefficient (Wildman–Crippen LogP) is -0.405. The van der Waals surface area contributed by atoms with Gasteiger partial charge in [0.15, 0.2) is 0 Å². The molecule has 2 amide bonds. The van der Waals surface area contributed by atoms with E-state index >= 15 is 0 Å². The summed E-state index contributed by atoms with van der Waals surface area (Å²) in [4.78, 5) is 27.9. The fourth-order valence-corrected chi connectivity index (χ4v) is 2.58. The number of benzene rings is 1. The van der Waals surface area contributed by atoms with Crippen LogP contribution in [0.15, 0.2) is 30.6 Å². The van der Waals surface area contributed by atoms with Crippen LogP contribution in [0, 0.1) is 5.82 Å². The summed E-state index contributed by atoms with van der Waals surface area (Å²) < 4.78 is 14.2. The zero-order valence-corrected chi connectivity index (χ0v) is 13.5. The summed E-state index contributed by atoms with van der Waals surface area (Å²) in [6.45, 7) is 2.65. The van der Waals surface area contributed by atoms with Gasteiger partial charge in [-0.2, -0.15) is 0 Å². The third kappa shape index (κ3) is 4.80. The van der Waals surface area contributed by atoms with E-state index in [1.807, 2.05) is 4.90 Å². The van der Waals surface area contributed by atoms with Crippen molar-refractivity contribution in [3.63, 3.8) is 0 Å². The minimum Gasteiger partial charge on any atom is -0.339 e. The minimum atomic E-state index is -0.347. The number of nitrogens with one attached hydrogen (secondary N) is 1. The second-order valence-corrected chi connectivity index (χ2v) is 5.72. The van der Waals surface area contributed by atoms with Gasteiger partial charge in [-0.3, -0.25) is 14.5 Å². The highest BCUT2D eigenvalue weighted by atomic mass is 19.1. The quantitative estimate of drug-likeness (QED) is 0.790. The Labute approximate surface area is 143 Å². The molecule has 2 aromatic rings. The van der Waals surface area contributed by atoms with Crippen molar-refractivity contribution in [2.75, 3.05) is 38.0 Å². The first-order chi connectivity index (χ1) is 12.1. The van der Waals surface area contributed by atoms with Crippen LogP contribution in [-0.4, -0.2) is 74.5 Å². The molecule has 1 aromatic heterocycles. The number of halogens is 1. The lowest BCUT2D eigenvalue weighted by molar-refractivity contribution is -0.134. The van der Waals surface area contributed by atoms with Crippen LogP contribution < -0.4 is 5.32 Å². The highest BCUT2D eigenvalue weighted by Gasteiger charge is 2.22. The van der Waals surface area contributed by atoms with E-state index in [0.717, 1.165) is 0 Å². The van der Waals surface area contributed by atoms with Crippen molar-refractivity contribution in [2.45, 2.75) is 6.54 Å². The standard InChI is InChI=1S/C15H18FN7O2/c16-12-1-3-13(4-2-12)18-14(24)9-21-5-7-22(8-6-21)15(25)10-23-11-17-19-20-23/h1-4,11H,5-10H2,(H,18,24). The number of rotatable bonds is 5. The highest BCUT2D eigenvalue weighted by molar-refractivity contribution is 5.92. The van der Waals surface area contributed by atoms with E-state index in [4.69, 9.17) is 0 Å². The van der Waals surface area contributed by atoms with Gasteiger partial charge in [0.1, 0.15) is 18.7 Å². The van der Waals surface area contributed by atoms with Gasteiger partial charge in [0.25, 0.3) is 0 Å². The largest absolute Gasteiger partial charge is 0.339 e. The number of hydrogen-bond donors (Lipinski definition) is 1. The molecule has 132 valence electrons. The van der Waals surface area contributed by atoms with Crippen LogP contribution in [0.1, 0.15) is 0 Å². The Morgan fingerprint density at radius 1 is 1.08 bits per heavy atom. The molecule has 0 bridgehead atoms. The molecular formula is C15H18FN7O2. The van der Waals surface area contributed by atoms with Crippen molar-refractivity contribution in [3.8, 4) is 0 Å². The summed E-state index contributed by atoms with van der Waals surface area (Å²) in [7, 11) is 0. The molecule has 1 fully saturated rings. The molecular weight excluding hydrogens is 329 g/mol. The molecule has 2 heterocycles. The molecule has 1 aromatic carbocycles. The average molecular weight is 347 g/mol. The third-order valence-electron chi connectivity index (χ3n) is 3.91. The van der Waals surface area contributed by atoms with Gasteiger partial charge in [0.05, 0.1) is 6.54 Å². The maximum atomic E-state index is 12.9. The molecule has 0 spiro atoms. The van der Waals surface area contributed by atoms with E-state index in [9.17, 15) is 14.0 Å². The van der Waals surface area contributed by atoms with Gasteiger partial charge in [-0.25, -0.2) is 9.07 Å². The maximum absolute atomic E-state index is 12.9. The number of carbonyl (C=O) groups excluding carboxylic acids is 2. The lowest BCUT2D eigenvalue weighted by Gasteiger charge is -2.34. The number of amides is 2. The Kier molecular flexibility index (Phi) is 5.29. The van der Waals surface area contributed by atoms with Crippen molar-refractivity contribution >= 4 is 17.5 Å². The van der Waals surface area contributed by atoms with Crippen LogP contribution in [0.2, 0.25) is 0 Å². The molecule has 1 saturated heterocycles. The molecule has 0 atom stereocenters. The van der Waals surface area contributed by atoms with Gasteiger partial charge in [-0.15, -0.1) is 5.10 Å². The van der Waals surface area contributed by atoms with E-state index in [0.29, 0.717) is 31.9 Å². The fourth-order valence-electron chi connectivity index (χ4n) is 2.58. The first kappa shape index (κ1) is 17.0. The lowest BCUT2D eigenvalue weighted by atomic mass is 10.3. The fraction of sp³-hybridized carbons (Fsp3) is 0.400.